The second kappa shape index (κ2) is 8.78. The summed E-state index contributed by atoms with van der Waals surface area (Å²) in [6.07, 6.45) is 5.93. The van der Waals surface area contributed by atoms with Crippen molar-refractivity contribution in [2.75, 3.05) is 13.6 Å². The van der Waals surface area contributed by atoms with Crippen molar-refractivity contribution < 1.29 is 9.53 Å². The van der Waals surface area contributed by atoms with Gasteiger partial charge in [-0.1, -0.05) is 57.2 Å². The molecule has 1 heterocycles. The molecule has 130 valence electrons. The molecule has 0 amide bonds. The summed E-state index contributed by atoms with van der Waals surface area (Å²) >= 11 is 0. The van der Waals surface area contributed by atoms with Crippen molar-refractivity contribution >= 4 is 12.2 Å². The number of likely N-dealkylation sites (N-methyl/N-ethyl adjacent to an activating group) is 1. The minimum atomic E-state index is -0.242. The minimum Gasteiger partial charge on any atom is -0.460 e. The molecular formula is C20H28N2O2. The number of esters is 1. The Balaban J connectivity index is 1.95. The highest BCUT2D eigenvalue weighted by Crippen LogP contribution is 2.20. The van der Waals surface area contributed by atoms with Crippen LogP contribution in [0, 0.1) is 17.8 Å². The third-order valence-corrected chi connectivity index (χ3v) is 4.49. The Kier molecular flexibility index (Phi) is 6.73. The summed E-state index contributed by atoms with van der Waals surface area (Å²) < 4.78 is 5.56. The van der Waals surface area contributed by atoms with E-state index in [-0.39, 0.29) is 17.9 Å². The summed E-state index contributed by atoms with van der Waals surface area (Å²) in [5, 5.41) is 0. The van der Waals surface area contributed by atoms with Crippen molar-refractivity contribution in [3.63, 3.8) is 0 Å². The molecule has 0 spiro atoms. The monoisotopic (exact) mass is 328 g/mol. The lowest BCUT2D eigenvalue weighted by Crippen LogP contribution is -2.46. The Hall–Kier alpha value is -1.94. The lowest BCUT2D eigenvalue weighted by molar-refractivity contribution is -0.152. The zero-order valence-electron chi connectivity index (χ0n) is 15.1. The van der Waals surface area contributed by atoms with E-state index in [4.69, 9.17) is 4.74 Å². The average Bonchev–Trinajstić information content (AvgIpc) is 2.56. The number of rotatable bonds is 7. The van der Waals surface area contributed by atoms with E-state index in [1.807, 2.05) is 49.8 Å². The molecule has 1 aromatic rings. The van der Waals surface area contributed by atoms with Gasteiger partial charge in [0.1, 0.15) is 12.6 Å². The molecule has 0 aliphatic carbocycles. The van der Waals surface area contributed by atoms with E-state index in [0.717, 1.165) is 12.1 Å². The summed E-state index contributed by atoms with van der Waals surface area (Å²) in [5.41, 5.74) is 1.01. The first-order chi connectivity index (χ1) is 11.5. The van der Waals surface area contributed by atoms with Crippen molar-refractivity contribution in [2.24, 2.45) is 22.7 Å². The number of ether oxygens (including phenoxy) is 1. The number of hydrogen-bond donors (Lipinski definition) is 0. The third kappa shape index (κ3) is 5.03. The first-order valence-corrected chi connectivity index (χ1v) is 8.59. The first kappa shape index (κ1) is 18.4. The Morgan fingerprint density at radius 3 is 2.62 bits per heavy atom. The molecule has 0 fully saturated rings. The number of carbonyl (C=O) groups is 1. The van der Waals surface area contributed by atoms with Crippen molar-refractivity contribution in [1.29, 1.82) is 0 Å². The zero-order chi connectivity index (χ0) is 17.5. The fourth-order valence-corrected chi connectivity index (χ4v) is 3.08. The molecule has 0 N–H and O–H groups in total. The number of carbonyl (C=O) groups excluding carboxylic acids is 1. The van der Waals surface area contributed by atoms with Crippen LogP contribution in [0.3, 0.4) is 0 Å². The van der Waals surface area contributed by atoms with E-state index >= 15 is 0 Å². The van der Waals surface area contributed by atoms with Crippen molar-refractivity contribution in [3.8, 4) is 0 Å². The van der Waals surface area contributed by atoms with E-state index in [9.17, 15) is 4.79 Å². The quantitative estimate of drug-likeness (QED) is 0.719. The van der Waals surface area contributed by atoms with Gasteiger partial charge in [0, 0.05) is 19.0 Å². The number of aliphatic imine (C=N–C) groups is 1. The highest BCUT2D eigenvalue weighted by atomic mass is 16.5. The molecule has 1 aliphatic rings. The van der Waals surface area contributed by atoms with Crippen molar-refractivity contribution in [2.45, 2.75) is 33.4 Å². The van der Waals surface area contributed by atoms with Gasteiger partial charge < -0.3 is 4.74 Å². The van der Waals surface area contributed by atoms with E-state index in [1.165, 1.54) is 0 Å². The van der Waals surface area contributed by atoms with E-state index < -0.39 is 0 Å². The van der Waals surface area contributed by atoms with Gasteiger partial charge in [0.15, 0.2) is 0 Å². The van der Waals surface area contributed by atoms with E-state index in [1.54, 1.807) is 0 Å². The van der Waals surface area contributed by atoms with Crippen LogP contribution < -0.4 is 0 Å². The molecule has 0 radical (unpaired) electrons. The van der Waals surface area contributed by atoms with Gasteiger partial charge in [0.05, 0.1) is 0 Å². The second-order valence-electron chi connectivity index (χ2n) is 6.88. The minimum absolute atomic E-state index is 0.155. The van der Waals surface area contributed by atoms with Crippen LogP contribution in [-0.2, 0) is 16.1 Å². The molecule has 0 saturated carbocycles. The lowest BCUT2D eigenvalue weighted by atomic mass is 9.92. The summed E-state index contributed by atoms with van der Waals surface area (Å²) in [6, 6.07) is 9.55. The van der Waals surface area contributed by atoms with Crippen LogP contribution in [-0.4, -0.2) is 36.7 Å². The number of hydrogen-bond acceptors (Lipinski definition) is 4. The fourth-order valence-electron chi connectivity index (χ4n) is 3.08. The maximum atomic E-state index is 12.6. The maximum Gasteiger partial charge on any atom is 0.323 e. The van der Waals surface area contributed by atoms with Gasteiger partial charge in [-0.05, 0) is 30.4 Å². The molecule has 0 aromatic heterocycles. The standard InChI is InChI=1S/C20H28N2O2/c1-15(2)19(20(23)24-14-17-8-6-5-7-9-17)22(4)13-18-10-11-21-12-16(18)3/h5-12,15-16,18-19H,13-14H2,1-4H3/t16?,18?,19-/m0/s1. The van der Waals surface area contributed by atoms with Gasteiger partial charge >= 0.3 is 5.97 Å². The van der Waals surface area contributed by atoms with Crippen LogP contribution in [0.25, 0.3) is 0 Å². The highest BCUT2D eigenvalue weighted by Gasteiger charge is 2.30. The normalized spacial score (nSPS) is 21.2. The maximum absolute atomic E-state index is 12.6. The highest BCUT2D eigenvalue weighted by molar-refractivity contribution is 5.76. The third-order valence-electron chi connectivity index (χ3n) is 4.49. The molecule has 2 rings (SSSR count). The Labute approximate surface area is 145 Å². The fraction of sp³-hybridized carbons (Fsp3) is 0.500. The van der Waals surface area contributed by atoms with Crippen LogP contribution in [0.5, 0.6) is 0 Å². The summed E-state index contributed by atoms with van der Waals surface area (Å²) in [5.74, 6) is 0.786. The van der Waals surface area contributed by atoms with Crippen LogP contribution >= 0.6 is 0 Å². The smallest absolute Gasteiger partial charge is 0.323 e. The zero-order valence-corrected chi connectivity index (χ0v) is 15.1. The molecule has 1 aliphatic heterocycles. The summed E-state index contributed by atoms with van der Waals surface area (Å²) in [6.45, 7) is 7.42. The molecule has 0 bridgehead atoms. The van der Waals surface area contributed by atoms with Crippen LogP contribution in [0.4, 0.5) is 0 Å². The molecule has 4 nitrogen and oxygen atoms in total. The molecule has 1 aromatic carbocycles. The Morgan fingerprint density at radius 2 is 2.00 bits per heavy atom. The topological polar surface area (TPSA) is 41.9 Å². The van der Waals surface area contributed by atoms with Gasteiger partial charge in [-0.2, -0.15) is 0 Å². The van der Waals surface area contributed by atoms with Gasteiger partial charge in [0.2, 0.25) is 0 Å². The lowest BCUT2D eigenvalue weighted by Gasteiger charge is -2.33. The van der Waals surface area contributed by atoms with Gasteiger partial charge in [-0.3, -0.25) is 14.7 Å². The van der Waals surface area contributed by atoms with E-state index in [2.05, 4.69) is 36.7 Å². The predicted octanol–water partition coefficient (Wildman–Crippen LogP) is 3.54. The summed E-state index contributed by atoms with van der Waals surface area (Å²) in [4.78, 5) is 18.9. The Bertz CT molecular complexity index is 581. The van der Waals surface area contributed by atoms with Crippen molar-refractivity contribution in [1.82, 2.24) is 4.90 Å². The van der Waals surface area contributed by atoms with Crippen LogP contribution in [0.2, 0.25) is 0 Å². The molecular weight excluding hydrogens is 300 g/mol. The predicted molar refractivity (Wildman–Crippen MR) is 97.8 cm³/mol. The number of benzene rings is 1. The van der Waals surface area contributed by atoms with Crippen LogP contribution in [0.15, 0.2) is 47.6 Å². The second-order valence-corrected chi connectivity index (χ2v) is 6.88. The molecule has 0 saturated heterocycles. The SMILES string of the molecule is CC1C=NC=CC1CN(C)[C@H](C(=O)OCc1ccccc1)C(C)C. The number of nitrogens with zero attached hydrogens (tertiary/aromatic N) is 2. The summed E-state index contributed by atoms with van der Waals surface area (Å²) in [7, 11) is 2.00. The largest absolute Gasteiger partial charge is 0.460 e. The van der Waals surface area contributed by atoms with Crippen LogP contribution in [0.1, 0.15) is 26.3 Å². The van der Waals surface area contributed by atoms with Gasteiger partial charge in [-0.15, -0.1) is 0 Å². The molecule has 2 unspecified atom stereocenters. The molecule has 4 heteroatoms. The first-order valence-electron chi connectivity index (χ1n) is 8.59. The molecule has 3 atom stereocenters. The molecule has 24 heavy (non-hydrogen) atoms. The van der Waals surface area contributed by atoms with Gasteiger partial charge in [0.25, 0.3) is 0 Å². The Morgan fingerprint density at radius 1 is 1.29 bits per heavy atom. The van der Waals surface area contributed by atoms with E-state index in [0.29, 0.717) is 18.4 Å². The van der Waals surface area contributed by atoms with Gasteiger partial charge in [-0.25, -0.2) is 0 Å². The average molecular weight is 328 g/mol. The van der Waals surface area contributed by atoms with Crippen molar-refractivity contribution in [3.05, 3.63) is 48.2 Å².